The van der Waals surface area contributed by atoms with Crippen LogP contribution < -0.4 is 15.0 Å². The summed E-state index contributed by atoms with van der Waals surface area (Å²) in [6.45, 7) is 3.98. The van der Waals surface area contributed by atoms with Crippen molar-refractivity contribution in [3.8, 4) is 5.75 Å². The first kappa shape index (κ1) is 17.0. The number of benzene rings is 2. The zero-order valence-corrected chi connectivity index (χ0v) is 14.7. The second kappa shape index (κ2) is 6.97. The van der Waals surface area contributed by atoms with Crippen molar-refractivity contribution < 1.29 is 14.3 Å². The molecule has 2 aromatic rings. The highest BCUT2D eigenvalue weighted by atomic mass is 16.5. The maximum absolute atomic E-state index is 12.8. The van der Waals surface area contributed by atoms with Crippen LogP contribution in [0.2, 0.25) is 0 Å². The van der Waals surface area contributed by atoms with Gasteiger partial charge in [-0.3, -0.25) is 14.5 Å². The highest BCUT2D eigenvalue weighted by Gasteiger charge is 2.37. The molecule has 1 atom stereocenters. The molecule has 2 amide bonds. The lowest BCUT2D eigenvalue weighted by Crippen LogP contribution is -2.41. The molecule has 1 aliphatic rings. The molecule has 1 N–H and O–H groups in total. The summed E-state index contributed by atoms with van der Waals surface area (Å²) in [5.74, 6) is 0.518. The predicted molar refractivity (Wildman–Crippen MR) is 98.0 cm³/mol. The molecule has 3 rings (SSSR count). The van der Waals surface area contributed by atoms with Crippen molar-refractivity contribution in [3.63, 3.8) is 0 Å². The zero-order valence-electron chi connectivity index (χ0n) is 14.7. The fraction of sp³-hybridized carbons (Fsp3) is 0.300. The molecule has 25 heavy (non-hydrogen) atoms. The third-order valence-electron chi connectivity index (χ3n) is 4.35. The van der Waals surface area contributed by atoms with Crippen molar-refractivity contribution in [2.45, 2.75) is 32.7 Å². The molecule has 0 aliphatic carbocycles. The van der Waals surface area contributed by atoms with Gasteiger partial charge in [0.15, 0.2) is 0 Å². The third-order valence-corrected chi connectivity index (χ3v) is 4.35. The van der Waals surface area contributed by atoms with Crippen LogP contribution in [-0.4, -0.2) is 25.0 Å². The van der Waals surface area contributed by atoms with Crippen molar-refractivity contribution in [2.75, 3.05) is 17.3 Å². The van der Waals surface area contributed by atoms with Crippen LogP contribution in [0.5, 0.6) is 5.75 Å². The minimum atomic E-state index is -0.498. The number of ether oxygens (including phenoxy) is 1. The average Bonchev–Trinajstić information content (AvgIpc) is 2.95. The first-order valence-corrected chi connectivity index (χ1v) is 8.33. The van der Waals surface area contributed by atoms with Crippen molar-refractivity contribution in [3.05, 3.63) is 53.6 Å². The minimum Gasteiger partial charge on any atom is -0.497 e. The summed E-state index contributed by atoms with van der Waals surface area (Å²) in [5, 5.41) is 2.95. The molecule has 1 heterocycles. The monoisotopic (exact) mass is 338 g/mol. The summed E-state index contributed by atoms with van der Waals surface area (Å²) in [4.78, 5) is 26.7. The molecular weight excluding hydrogens is 316 g/mol. The SMILES string of the molecule is COc1ccc(N2C(=O)CCC2C(=O)Nc2cc(C)cc(C)c2)cc1. The number of anilines is 2. The maximum Gasteiger partial charge on any atom is 0.247 e. The van der Waals surface area contributed by atoms with Gasteiger partial charge in [-0.1, -0.05) is 6.07 Å². The van der Waals surface area contributed by atoms with Crippen LogP contribution in [0.4, 0.5) is 11.4 Å². The summed E-state index contributed by atoms with van der Waals surface area (Å²) >= 11 is 0. The minimum absolute atomic E-state index is 0.0364. The molecule has 0 spiro atoms. The van der Waals surface area contributed by atoms with Crippen LogP contribution in [0.15, 0.2) is 42.5 Å². The number of methoxy groups -OCH3 is 1. The van der Waals surface area contributed by atoms with Crippen LogP contribution in [0.1, 0.15) is 24.0 Å². The molecule has 5 heteroatoms. The molecule has 0 saturated carbocycles. The van der Waals surface area contributed by atoms with Gasteiger partial charge in [0.1, 0.15) is 11.8 Å². The molecule has 5 nitrogen and oxygen atoms in total. The highest BCUT2D eigenvalue weighted by molar-refractivity contribution is 6.07. The van der Waals surface area contributed by atoms with E-state index in [1.54, 1.807) is 36.3 Å². The van der Waals surface area contributed by atoms with Gasteiger partial charge in [0.25, 0.3) is 0 Å². The first-order valence-electron chi connectivity index (χ1n) is 8.33. The second-order valence-electron chi connectivity index (χ2n) is 6.38. The van der Waals surface area contributed by atoms with E-state index in [-0.39, 0.29) is 11.8 Å². The Labute approximate surface area is 147 Å². The van der Waals surface area contributed by atoms with E-state index in [0.717, 1.165) is 16.8 Å². The van der Waals surface area contributed by atoms with E-state index in [1.165, 1.54) is 0 Å². The van der Waals surface area contributed by atoms with Gasteiger partial charge in [-0.2, -0.15) is 0 Å². The number of carbonyl (C=O) groups excluding carboxylic acids is 2. The van der Waals surface area contributed by atoms with Crippen LogP contribution in [-0.2, 0) is 9.59 Å². The van der Waals surface area contributed by atoms with Crippen LogP contribution in [0, 0.1) is 13.8 Å². The Morgan fingerprint density at radius 3 is 2.36 bits per heavy atom. The van der Waals surface area contributed by atoms with Gasteiger partial charge in [-0.25, -0.2) is 0 Å². The summed E-state index contributed by atoms with van der Waals surface area (Å²) in [6.07, 6.45) is 0.887. The van der Waals surface area contributed by atoms with E-state index in [2.05, 4.69) is 11.4 Å². The third kappa shape index (κ3) is 3.65. The number of hydrogen-bond donors (Lipinski definition) is 1. The lowest BCUT2D eigenvalue weighted by Gasteiger charge is -2.24. The van der Waals surface area contributed by atoms with Crippen molar-refractivity contribution in [1.82, 2.24) is 0 Å². The molecule has 130 valence electrons. The molecule has 1 saturated heterocycles. The van der Waals surface area contributed by atoms with Gasteiger partial charge >= 0.3 is 0 Å². The van der Waals surface area contributed by atoms with E-state index >= 15 is 0 Å². The Hall–Kier alpha value is -2.82. The van der Waals surface area contributed by atoms with Gasteiger partial charge < -0.3 is 10.1 Å². The van der Waals surface area contributed by atoms with Crippen LogP contribution in [0.3, 0.4) is 0 Å². The van der Waals surface area contributed by atoms with Gasteiger partial charge in [-0.15, -0.1) is 0 Å². The van der Waals surface area contributed by atoms with E-state index in [4.69, 9.17) is 4.74 Å². The smallest absolute Gasteiger partial charge is 0.247 e. The number of amides is 2. The maximum atomic E-state index is 12.8. The molecule has 1 aliphatic heterocycles. The Balaban J connectivity index is 1.81. The van der Waals surface area contributed by atoms with Gasteiger partial charge in [0.05, 0.1) is 7.11 Å². The first-order chi connectivity index (χ1) is 12.0. The molecule has 0 bridgehead atoms. The Morgan fingerprint density at radius 1 is 1.12 bits per heavy atom. The quantitative estimate of drug-likeness (QED) is 0.929. The van der Waals surface area contributed by atoms with Crippen LogP contribution in [0.25, 0.3) is 0 Å². The summed E-state index contributed by atoms with van der Waals surface area (Å²) < 4.78 is 5.15. The number of aryl methyl sites for hydroxylation is 2. The van der Waals surface area contributed by atoms with E-state index in [1.807, 2.05) is 26.0 Å². The number of rotatable bonds is 4. The molecule has 0 radical (unpaired) electrons. The Morgan fingerprint density at radius 2 is 1.76 bits per heavy atom. The second-order valence-corrected chi connectivity index (χ2v) is 6.38. The normalized spacial score (nSPS) is 16.8. The van der Waals surface area contributed by atoms with Crippen molar-refractivity contribution in [1.29, 1.82) is 0 Å². The number of hydrogen-bond acceptors (Lipinski definition) is 3. The predicted octanol–water partition coefficient (Wildman–Crippen LogP) is 3.45. The van der Waals surface area contributed by atoms with E-state index in [9.17, 15) is 9.59 Å². The highest BCUT2D eigenvalue weighted by Crippen LogP contribution is 2.29. The fourth-order valence-electron chi connectivity index (χ4n) is 3.27. The standard InChI is InChI=1S/C20H22N2O3/c1-13-10-14(2)12-15(11-13)21-20(24)18-8-9-19(23)22(18)16-4-6-17(25-3)7-5-16/h4-7,10-12,18H,8-9H2,1-3H3,(H,21,24). The summed E-state index contributed by atoms with van der Waals surface area (Å²) in [7, 11) is 1.59. The van der Waals surface area contributed by atoms with Crippen LogP contribution >= 0.6 is 0 Å². The number of carbonyl (C=O) groups is 2. The molecule has 1 unspecified atom stereocenters. The van der Waals surface area contributed by atoms with Gasteiger partial charge in [0, 0.05) is 17.8 Å². The van der Waals surface area contributed by atoms with Gasteiger partial charge in [0.2, 0.25) is 11.8 Å². The largest absolute Gasteiger partial charge is 0.497 e. The Kier molecular flexibility index (Phi) is 4.74. The van der Waals surface area contributed by atoms with E-state index < -0.39 is 6.04 Å². The lowest BCUT2D eigenvalue weighted by molar-refractivity contribution is -0.120. The van der Waals surface area contributed by atoms with E-state index in [0.29, 0.717) is 24.3 Å². The summed E-state index contributed by atoms with van der Waals surface area (Å²) in [5.41, 5.74) is 3.65. The van der Waals surface area contributed by atoms with Crippen molar-refractivity contribution in [2.24, 2.45) is 0 Å². The topological polar surface area (TPSA) is 58.6 Å². The lowest BCUT2D eigenvalue weighted by atomic mass is 10.1. The zero-order chi connectivity index (χ0) is 18.0. The molecule has 2 aromatic carbocycles. The number of nitrogens with one attached hydrogen (secondary N) is 1. The summed E-state index contributed by atoms with van der Waals surface area (Å²) in [6, 6.07) is 12.6. The molecular formula is C20H22N2O3. The van der Waals surface area contributed by atoms with Crippen molar-refractivity contribution >= 4 is 23.2 Å². The average molecular weight is 338 g/mol. The Bertz CT molecular complexity index is 779. The van der Waals surface area contributed by atoms with Gasteiger partial charge in [-0.05, 0) is 67.8 Å². The fourth-order valence-corrected chi connectivity index (χ4v) is 3.27. The number of nitrogens with zero attached hydrogens (tertiary/aromatic N) is 1. The molecule has 1 fully saturated rings. The molecule has 0 aromatic heterocycles.